The molecule has 0 saturated carbocycles. The molecule has 2 aromatic carbocycles. The van der Waals surface area contributed by atoms with Gasteiger partial charge in [0.15, 0.2) is 0 Å². The lowest BCUT2D eigenvalue weighted by Gasteiger charge is -2.10. The Hall–Kier alpha value is -1.39. The van der Waals surface area contributed by atoms with E-state index in [1.165, 1.54) is 12.1 Å². The molecule has 0 saturated heterocycles. The van der Waals surface area contributed by atoms with Crippen LogP contribution in [0.4, 0.5) is 10.5 Å². The molecule has 0 aliphatic rings. The van der Waals surface area contributed by atoms with Gasteiger partial charge in [-0.3, -0.25) is 10.1 Å². The third-order valence-corrected chi connectivity index (χ3v) is 7.26. The van der Waals surface area contributed by atoms with Crippen molar-refractivity contribution in [3.05, 3.63) is 71.8 Å². The molecule has 3 amide bonds. The first-order valence-electron chi connectivity index (χ1n) is 7.54. The molecule has 3 rings (SSSR count). The molecule has 1 aromatic heterocycles. The summed E-state index contributed by atoms with van der Waals surface area (Å²) in [4.78, 5) is 24.3. The summed E-state index contributed by atoms with van der Waals surface area (Å²) < 4.78 is 3.84. The summed E-state index contributed by atoms with van der Waals surface area (Å²) in [6.07, 6.45) is 0. The van der Waals surface area contributed by atoms with Crippen molar-refractivity contribution in [2.75, 3.05) is 5.32 Å². The van der Waals surface area contributed by atoms with Crippen LogP contribution in [-0.2, 0) is 0 Å². The van der Waals surface area contributed by atoms with Crippen LogP contribution >= 0.6 is 71.0 Å². The molecule has 0 atom stereocenters. The van der Waals surface area contributed by atoms with E-state index in [1.807, 2.05) is 0 Å². The minimum absolute atomic E-state index is 0.0380. The van der Waals surface area contributed by atoms with Gasteiger partial charge in [0.2, 0.25) is 0 Å². The number of nitrogens with one attached hydrogen (secondary N) is 2. The fraction of sp³-hybridized carbons (Fsp3) is 0. The number of nitrogens with zero attached hydrogens (tertiary/aromatic N) is 2. The number of amides is 3. The average Bonchev–Trinajstić information content (AvgIpc) is 2.89. The number of carbonyl (C=O) groups is 2. The molecule has 2 N–H and O–H groups in total. The molecule has 6 nitrogen and oxygen atoms in total. The van der Waals surface area contributed by atoms with Crippen molar-refractivity contribution < 1.29 is 9.59 Å². The van der Waals surface area contributed by atoms with Crippen LogP contribution in [0.15, 0.2) is 56.1 Å². The molecular weight excluding hydrogens is 603 g/mol. The molecular formula is C17H9Br3Cl2N4O2. The largest absolute Gasteiger partial charge is 0.326 e. The highest BCUT2D eigenvalue weighted by Crippen LogP contribution is 2.32. The minimum Gasteiger partial charge on any atom is -0.308 e. The number of halogens is 5. The lowest BCUT2D eigenvalue weighted by atomic mass is 10.2. The third kappa shape index (κ3) is 4.60. The van der Waals surface area contributed by atoms with Gasteiger partial charge in [0.05, 0.1) is 25.8 Å². The van der Waals surface area contributed by atoms with E-state index in [4.69, 9.17) is 23.2 Å². The highest BCUT2D eigenvalue weighted by atomic mass is 79.9. The fourth-order valence-corrected chi connectivity index (χ4v) is 4.15. The molecule has 11 heteroatoms. The zero-order valence-electron chi connectivity index (χ0n) is 13.6. The SMILES string of the molecule is O=C(NC(=O)c1c(Cl)cccc1Cl)Nc1ccc(-n2nc(Br)c(Br)c2Br)cc1. The molecule has 0 radical (unpaired) electrons. The van der Waals surface area contributed by atoms with E-state index in [9.17, 15) is 9.59 Å². The predicted octanol–water partition coefficient (Wildman–Crippen LogP) is 6.43. The molecule has 3 aromatic rings. The van der Waals surface area contributed by atoms with Crippen molar-refractivity contribution in [3.8, 4) is 5.69 Å². The van der Waals surface area contributed by atoms with Crippen LogP contribution < -0.4 is 10.6 Å². The number of urea groups is 1. The number of imide groups is 1. The summed E-state index contributed by atoms with van der Waals surface area (Å²) in [6, 6.07) is 10.8. The fourth-order valence-electron chi connectivity index (χ4n) is 2.25. The van der Waals surface area contributed by atoms with Gasteiger partial charge in [0.1, 0.15) is 9.21 Å². The topological polar surface area (TPSA) is 76.0 Å². The molecule has 0 bridgehead atoms. The van der Waals surface area contributed by atoms with Crippen LogP contribution in [0, 0.1) is 0 Å². The van der Waals surface area contributed by atoms with Crippen molar-refractivity contribution in [2.45, 2.75) is 0 Å². The van der Waals surface area contributed by atoms with E-state index in [1.54, 1.807) is 35.0 Å². The zero-order valence-corrected chi connectivity index (χ0v) is 19.9. The Labute approximate surface area is 195 Å². The second-order valence-electron chi connectivity index (χ2n) is 5.36. The lowest BCUT2D eigenvalue weighted by Crippen LogP contribution is -2.34. The van der Waals surface area contributed by atoms with Gasteiger partial charge in [-0.15, -0.1) is 0 Å². The van der Waals surface area contributed by atoms with E-state index < -0.39 is 11.9 Å². The standard InChI is InChI=1S/C17H9Br3Cl2N4O2/c18-13-14(19)25-26(15(13)20)9-6-4-8(5-7-9)23-17(28)24-16(27)12-10(21)2-1-3-11(12)22/h1-7H,(H2,23,24,27,28). The number of anilines is 1. The number of aromatic nitrogens is 2. The normalized spacial score (nSPS) is 10.6. The maximum absolute atomic E-state index is 12.2. The van der Waals surface area contributed by atoms with Crippen molar-refractivity contribution >= 4 is 88.6 Å². The van der Waals surface area contributed by atoms with E-state index >= 15 is 0 Å². The molecule has 0 fully saturated rings. The second kappa shape index (κ2) is 8.96. The summed E-state index contributed by atoms with van der Waals surface area (Å²) in [7, 11) is 0. The highest BCUT2D eigenvalue weighted by Gasteiger charge is 2.17. The van der Waals surface area contributed by atoms with Gasteiger partial charge in [-0.1, -0.05) is 29.3 Å². The first kappa shape index (κ1) is 21.3. The quantitative estimate of drug-likeness (QED) is 0.359. The molecule has 0 aliphatic carbocycles. The van der Waals surface area contributed by atoms with Crippen LogP contribution in [0.5, 0.6) is 0 Å². The first-order chi connectivity index (χ1) is 13.3. The minimum atomic E-state index is -0.709. The number of rotatable bonds is 3. The van der Waals surface area contributed by atoms with Gasteiger partial charge in [-0.2, -0.15) is 5.10 Å². The molecule has 0 spiro atoms. The number of carbonyl (C=O) groups excluding carboxylic acids is 2. The van der Waals surface area contributed by atoms with Gasteiger partial charge in [-0.05, 0) is 84.2 Å². The third-order valence-electron chi connectivity index (χ3n) is 3.52. The summed E-state index contributed by atoms with van der Waals surface area (Å²) in [5, 5.41) is 9.42. The Morgan fingerprint density at radius 3 is 2.11 bits per heavy atom. The van der Waals surface area contributed by atoms with Crippen molar-refractivity contribution in [3.63, 3.8) is 0 Å². The van der Waals surface area contributed by atoms with Gasteiger partial charge in [0, 0.05) is 5.69 Å². The van der Waals surface area contributed by atoms with E-state index in [2.05, 4.69) is 63.5 Å². The lowest BCUT2D eigenvalue weighted by molar-refractivity contribution is 0.0967. The van der Waals surface area contributed by atoms with Gasteiger partial charge in [-0.25, -0.2) is 9.48 Å². The van der Waals surface area contributed by atoms with E-state index in [0.29, 0.717) is 10.3 Å². The van der Waals surface area contributed by atoms with Crippen LogP contribution in [0.1, 0.15) is 10.4 Å². The Kier molecular flexibility index (Phi) is 6.82. The maximum atomic E-state index is 12.2. The van der Waals surface area contributed by atoms with Crippen LogP contribution in [0.2, 0.25) is 10.0 Å². The molecule has 144 valence electrons. The Morgan fingerprint density at radius 2 is 1.57 bits per heavy atom. The van der Waals surface area contributed by atoms with Gasteiger partial charge in [0.25, 0.3) is 5.91 Å². The summed E-state index contributed by atoms with van der Waals surface area (Å²) >= 11 is 22.1. The molecule has 1 heterocycles. The smallest absolute Gasteiger partial charge is 0.308 e. The van der Waals surface area contributed by atoms with E-state index in [0.717, 1.165) is 14.8 Å². The summed E-state index contributed by atoms with van der Waals surface area (Å²) in [6.45, 7) is 0. The average molecular weight is 612 g/mol. The first-order valence-corrected chi connectivity index (χ1v) is 10.7. The van der Waals surface area contributed by atoms with E-state index in [-0.39, 0.29) is 15.6 Å². The highest BCUT2D eigenvalue weighted by molar-refractivity contribution is 9.14. The molecule has 0 aliphatic heterocycles. The summed E-state index contributed by atoms with van der Waals surface area (Å²) in [5.41, 5.74) is 1.29. The monoisotopic (exact) mass is 608 g/mol. The summed E-state index contributed by atoms with van der Waals surface area (Å²) in [5.74, 6) is -0.695. The Morgan fingerprint density at radius 1 is 0.964 bits per heavy atom. The van der Waals surface area contributed by atoms with Crippen LogP contribution in [-0.4, -0.2) is 21.7 Å². The van der Waals surface area contributed by atoms with Crippen LogP contribution in [0.25, 0.3) is 5.69 Å². The van der Waals surface area contributed by atoms with Gasteiger partial charge >= 0.3 is 6.03 Å². The number of hydrogen-bond acceptors (Lipinski definition) is 3. The number of benzene rings is 2. The zero-order chi connectivity index (χ0) is 20.4. The predicted molar refractivity (Wildman–Crippen MR) is 120 cm³/mol. The van der Waals surface area contributed by atoms with Crippen LogP contribution in [0.3, 0.4) is 0 Å². The maximum Gasteiger partial charge on any atom is 0.326 e. The molecule has 28 heavy (non-hydrogen) atoms. The van der Waals surface area contributed by atoms with Gasteiger partial charge < -0.3 is 5.32 Å². The number of hydrogen-bond donors (Lipinski definition) is 2. The van der Waals surface area contributed by atoms with Crippen molar-refractivity contribution in [1.82, 2.24) is 15.1 Å². The Bertz CT molecular complexity index is 1050. The van der Waals surface area contributed by atoms with Crippen molar-refractivity contribution in [2.24, 2.45) is 0 Å². The second-order valence-corrected chi connectivity index (χ2v) is 8.47. The Balaban J connectivity index is 1.69. The van der Waals surface area contributed by atoms with Crippen molar-refractivity contribution in [1.29, 1.82) is 0 Å². The molecule has 0 unspecified atom stereocenters.